The van der Waals surface area contributed by atoms with Crippen LogP contribution in [0.1, 0.15) is 40.5 Å². The van der Waals surface area contributed by atoms with Gasteiger partial charge in [0.05, 0.1) is 38.1 Å². The molecule has 4 heterocycles. The second kappa shape index (κ2) is 19.3. The normalized spacial score (nSPS) is 43.1. The fraction of sp³-hybridized carbons (Fsp3) is 0.824. The molecule has 310 valence electrons. The van der Waals surface area contributed by atoms with Crippen LogP contribution in [0.15, 0.2) is 24.3 Å². The molecular formula is C34H54O20. The standard InChI is InChI=1S/C34H54O20/c1-6-34(5,45)9-7-8-14(2)29(44)52-27-23(41)19(10-35)50-33(49-16(4)36)28(27)54-30-15(3)21(39)20(13-48-30)51-32-25(43)26(18(38)12-47-32)53-31-24(42)22(40)17(37)11-46-31/h6,8,15,17-28,30-33,35,37-43,45H,1,7,9-13H2,2-5H3/b14-8+. The number of ether oxygens (including phenoxy) is 9. The van der Waals surface area contributed by atoms with Gasteiger partial charge in [0.1, 0.15) is 54.9 Å². The third-order valence-corrected chi connectivity index (χ3v) is 9.73. The van der Waals surface area contributed by atoms with Crippen LogP contribution in [0.3, 0.4) is 0 Å². The Morgan fingerprint density at radius 1 is 0.759 bits per heavy atom. The summed E-state index contributed by atoms with van der Waals surface area (Å²) >= 11 is 0. The first-order valence-electron chi connectivity index (χ1n) is 17.6. The molecule has 9 N–H and O–H groups in total. The van der Waals surface area contributed by atoms with Gasteiger partial charge in [0.15, 0.2) is 31.1 Å². The van der Waals surface area contributed by atoms with Crippen LogP contribution < -0.4 is 0 Å². The summed E-state index contributed by atoms with van der Waals surface area (Å²) in [4.78, 5) is 25.2. The number of carbonyl (C=O) groups excluding carboxylic acids is 2. The van der Waals surface area contributed by atoms with Crippen molar-refractivity contribution < 1.29 is 98.2 Å². The molecule has 4 saturated heterocycles. The third-order valence-electron chi connectivity index (χ3n) is 9.73. The lowest BCUT2D eigenvalue weighted by Gasteiger charge is -2.47. The topological polar surface area (TPSA) is 299 Å². The van der Waals surface area contributed by atoms with E-state index in [0.717, 1.165) is 6.92 Å². The summed E-state index contributed by atoms with van der Waals surface area (Å²) in [5, 5.41) is 93.9. The van der Waals surface area contributed by atoms with Crippen LogP contribution >= 0.6 is 0 Å². The lowest BCUT2D eigenvalue weighted by atomic mass is 9.95. The van der Waals surface area contributed by atoms with Crippen LogP contribution in [-0.2, 0) is 52.2 Å². The van der Waals surface area contributed by atoms with Crippen molar-refractivity contribution >= 4 is 11.9 Å². The number of allylic oxidation sites excluding steroid dienone is 1. The quantitative estimate of drug-likeness (QED) is 0.0464. The Bertz CT molecular complexity index is 1280. The van der Waals surface area contributed by atoms with Crippen LogP contribution in [0.2, 0.25) is 0 Å². The zero-order chi connectivity index (χ0) is 40.1. The maximum Gasteiger partial charge on any atom is 0.333 e. The predicted molar refractivity (Wildman–Crippen MR) is 176 cm³/mol. The molecule has 18 atom stereocenters. The van der Waals surface area contributed by atoms with Crippen molar-refractivity contribution in [2.24, 2.45) is 5.92 Å². The number of carbonyl (C=O) groups is 2. The molecule has 4 fully saturated rings. The van der Waals surface area contributed by atoms with E-state index in [1.807, 2.05) is 0 Å². The molecule has 4 aliphatic heterocycles. The fourth-order valence-corrected chi connectivity index (χ4v) is 6.23. The molecule has 0 aromatic rings. The van der Waals surface area contributed by atoms with Gasteiger partial charge in [0.2, 0.25) is 6.29 Å². The minimum absolute atomic E-state index is 0.112. The highest BCUT2D eigenvalue weighted by atomic mass is 16.8. The summed E-state index contributed by atoms with van der Waals surface area (Å²) in [5.41, 5.74) is -1.07. The SMILES string of the molecule is C=CC(C)(O)CC/C=C(\C)C(=O)OC1C(O)C(CO)OC(OC(C)=O)C1OC1OCC(OC2OCC(O)C(OC3OCC(O)C(O)C3O)C2O)C(O)C1C. The molecule has 0 saturated carbocycles. The zero-order valence-electron chi connectivity index (χ0n) is 30.4. The predicted octanol–water partition coefficient (Wildman–Crippen LogP) is -3.77. The van der Waals surface area contributed by atoms with Crippen LogP contribution in [0.25, 0.3) is 0 Å². The summed E-state index contributed by atoms with van der Waals surface area (Å²) in [6.45, 7) is 7.21. The minimum atomic E-state index is -1.71. The Hall–Kier alpha value is -2.22. The van der Waals surface area contributed by atoms with Gasteiger partial charge in [-0.2, -0.15) is 0 Å². The van der Waals surface area contributed by atoms with E-state index in [0.29, 0.717) is 0 Å². The monoisotopic (exact) mass is 782 g/mol. The van der Waals surface area contributed by atoms with Crippen molar-refractivity contribution in [2.45, 2.75) is 145 Å². The van der Waals surface area contributed by atoms with Gasteiger partial charge in [-0.1, -0.05) is 19.1 Å². The average molecular weight is 783 g/mol. The number of rotatable bonds is 14. The molecule has 4 aliphatic rings. The largest absolute Gasteiger partial charge is 0.453 e. The highest BCUT2D eigenvalue weighted by Gasteiger charge is 2.53. The van der Waals surface area contributed by atoms with Gasteiger partial charge >= 0.3 is 11.9 Å². The molecule has 20 heteroatoms. The smallest absolute Gasteiger partial charge is 0.333 e. The van der Waals surface area contributed by atoms with Crippen LogP contribution in [0, 0.1) is 5.92 Å². The van der Waals surface area contributed by atoms with Crippen molar-refractivity contribution in [1.82, 2.24) is 0 Å². The molecule has 0 amide bonds. The molecule has 0 aliphatic carbocycles. The summed E-state index contributed by atoms with van der Waals surface area (Å²) in [5.74, 6) is -2.68. The molecular weight excluding hydrogens is 728 g/mol. The van der Waals surface area contributed by atoms with Crippen molar-refractivity contribution in [2.75, 3.05) is 26.4 Å². The maximum atomic E-state index is 13.2. The first-order chi connectivity index (χ1) is 25.4. The van der Waals surface area contributed by atoms with E-state index in [4.69, 9.17) is 42.6 Å². The molecule has 0 radical (unpaired) electrons. The van der Waals surface area contributed by atoms with Gasteiger partial charge in [-0.15, -0.1) is 6.58 Å². The van der Waals surface area contributed by atoms with Crippen molar-refractivity contribution in [3.63, 3.8) is 0 Å². The van der Waals surface area contributed by atoms with Crippen molar-refractivity contribution in [1.29, 1.82) is 0 Å². The number of aliphatic hydroxyl groups is 9. The van der Waals surface area contributed by atoms with E-state index < -0.39 is 135 Å². The number of hydrogen-bond donors (Lipinski definition) is 9. The Balaban J connectivity index is 1.44. The lowest BCUT2D eigenvalue weighted by molar-refractivity contribution is -0.363. The van der Waals surface area contributed by atoms with Crippen LogP contribution in [-0.4, -0.2) is 188 Å². The molecule has 18 unspecified atom stereocenters. The first kappa shape index (κ1) is 44.5. The maximum absolute atomic E-state index is 13.2. The molecule has 0 spiro atoms. The van der Waals surface area contributed by atoms with E-state index in [9.17, 15) is 55.5 Å². The van der Waals surface area contributed by atoms with Gasteiger partial charge in [-0.25, -0.2) is 4.79 Å². The third kappa shape index (κ3) is 10.8. The zero-order valence-corrected chi connectivity index (χ0v) is 30.4. The highest BCUT2D eigenvalue weighted by Crippen LogP contribution is 2.34. The van der Waals surface area contributed by atoms with Gasteiger partial charge in [0, 0.05) is 18.4 Å². The lowest BCUT2D eigenvalue weighted by Crippen LogP contribution is -2.64. The van der Waals surface area contributed by atoms with E-state index >= 15 is 0 Å². The van der Waals surface area contributed by atoms with Crippen LogP contribution in [0.4, 0.5) is 0 Å². The summed E-state index contributed by atoms with van der Waals surface area (Å²) < 4.78 is 50.5. The summed E-state index contributed by atoms with van der Waals surface area (Å²) in [6.07, 6.45) is -20.7. The van der Waals surface area contributed by atoms with Crippen molar-refractivity contribution in [3.05, 3.63) is 24.3 Å². The fourth-order valence-electron chi connectivity index (χ4n) is 6.23. The Morgan fingerprint density at radius 2 is 1.37 bits per heavy atom. The first-order valence-corrected chi connectivity index (χ1v) is 17.6. The highest BCUT2D eigenvalue weighted by molar-refractivity contribution is 5.87. The molecule has 0 aromatic heterocycles. The molecule has 4 rings (SSSR count). The minimum Gasteiger partial charge on any atom is -0.453 e. The van der Waals surface area contributed by atoms with E-state index in [-0.39, 0.29) is 31.6 Å². The summed E-state index contributed by atoms with van der Waals surface area (Å²) in [6, 6.07) is 0. The van der Waals surface area contributed by atoms with Crippen LogP contribution in [0.5, 0.6) is 0 Å². The van der Waals surface area contributed by atoms with E-state index in [1.54, 1.807) is 6.92 Å². The molecule has 0 bridgehead atoms. The van der Waals surface area contributed by atoms with Gasteiger partial charge in [0.25, 0.3) is 0 Å². The van der Waals surface area contributed by atoms with E-state index in [1.165, 1.54) is 26.0 Å². The Morgan fingerprint density at radius 3 is 2.00 bits per heavy atom. The number of aliphatic hydroxyl groups excluding tert-OH is 8. The second-order valence-corrected chi connectivity index (χ2v) is 14.1. The van der Waals surface area contributed by atoms with Gasteiger partial charge in [-0.05, 0) is 26.7 Å². The molecule has 20 nitrogen and oxygen atoms in total. The number of hydrogen-bond acceptors (Lipinski definition) is 20. The van der Waals surface area contributed by atoms with Gasteiger partial charge < -0.3 is 88.6 Å². The summed E-state index contributed by atoms with van der Waals surface area (Å²) in [7, 11) is 0. The Labute approximate surface area is 311 Å². The second-order valence-electron chi connectivity index (χ2n) is 14.1. The molecule has 54 heavy (non-hydrogen) atoms. The van der Waals surface area contributed by atoms with E-state index in [2.05, 4.69) is 6.58 Å². The molecule has 0 aromatic carbocycles. The average Bonchev–Trinajstić information content (AvgIpc) is 3.12. The number of esters is 2. The van der Waals surface area contributed by atoms with Crippen molar-refractivity contribution in [3.8, 4) is 0 Å². The van der Waals surface area contributed by atoms with Gasteiger partial charge in [-0.3, -0.25) is 4.79 Å². The Kier molecular flexibility index (Phi) is 15.9.